The van der Waals surface area contributed by atoms with Crippen molar-refractivity contribution in [2.24, 2.45) is 0 Å². The van der Waals surface area contributed by atoms with Gasteiger partial charge in [0.15, 0.2) is 0 Å². The van der Waals surface area contributed by atoms with E-state index in [1.54, 1.807) is 23.2 Å². The first-order chi connectivity index (χ1) is 17.3. The van der Waals surface area contributed by atoms with E-state index in [1.165, 1.54) is 0 Å². The van der Waals surface area contributed by atoms with Gasteiger partial charge in [0, 0.05) is 58.3 Å². The fourth-order valence-corrected chi connectivity index (χ4v) is 5.27. The number of nitrogens with zero attached hydrogens (tertiary/aromatic N) is 5. The maximum atomic E-state index is 13.5. The normalized spacial score (nSPS) is 20.0. The average Bonchev–Trinajstić information content (AvgIpc) is 2.84. The zero-order chi connectivity index (χ0) is 25.4. The summed E-state index contributed by atoms with van der Waals surface area (Å²) in [5.74, 6) is 0.518. The summed E-state index contributed by atoms with van der Waals surface area (Å²) in [6, 6.07) is 7.64. The van der Waals surface area contributed by atoms with Crippen molar-refractivity contribution in [1.82, 2.24) is 24.5 Å². The zero-order valence-corrected chi connectivity index (χ0v) is 21.6. The van der Waals surface area contributed by atoms with Crippen LogP contribution in [-0.2, 0) is 11.3 Å². The van der Waals surface area contributed by atoms with E-state index in [0.717, 1.165) is 35.2 Å². The van der Waals surface area contributed by atoms with E-state index in [4.69, 9.17) is 21.3 Å². The van der Waals surface area contributed by atoms with E-state index in [2.05, 4.69) is 34.1 Å². The number of anilines is 1. The van der Waals surface area contributed by atoms with Gasteiger partial charge in [0.1, 0.15) is 5.65 Å². The molecule has 1 fully saturated rings. The summed E-state index contributed by atoms with van der Waals surface area (Å²) in [5, 5.41) is 4.68. The predicted octanol–water partition coefficient (Wildman–Crippen LogP) is 5.27. The van der Waals surface area contributed by atoms with Gasteiger partial charge in [0.25, 0.3) is 5.56 Å². The molecule has 5 rings (SSSR count). The fourth-order valence-electron chi connectivity index (χ4n) is 4.99. The van der Waals surface area contributed by atoms with Crippen LogP contribution in [0.1, 0.15) is 39.3 Å². The van der Waals surface area contributed by atoms with Gasteiger partial charge in [0.2, 0.25) is 5.95 Å². The van der Waals surface area contributed by atoms with Crippen LogP contribution in [0.4, 0.5) is 5.95 Å². The van der Waals surface area contributed by atoms with E-state index in [9.17, 15) is 4.79 Å². The molecule has 1 N–H and O–H groups in total. The van der Waals surface area contributed by atoms with Crippen molar-refractivity contribution in [3.05, 3.63) is 63.9 Å². The van der Waals surface area contributed by atoms with Crippen molar-refractivity contribution in [2.45, 2.75) is 65.3 Å². The number of aromatic nitrogens is 5. The third kappa shape index (κ3) is 4.70. The second-order valence-corrected chi connectivity index (χ2v) is 9.74. The third-order valence-electron chi connectivity index (χ3n) is 6.59. The van der Waals surface area contributed by atoms with E-state index in [1.807, 2.05) is 38.1 Å². The number of pyridine rings is 1. The maximum Gasteiger partial charge on any atom is 0.260 e. The van der Waals surface area contributed by atoms with Gasteiger partial charge >= 0.3 is 0 Å². The minimum atomic E-state index is -0.145. The summed E-state index contributed by atoms with van der Waals surface area (Å²) in [6.07, 6.45) is 7.19. The van der Waals surface area contributed by atoms with Crippen LogP contribution in [0.25, 0.3) is 33.4 Å². The summed E-state index contributed by atoms with van der Waals surface area (Å²) in [5.41, 5.74) is 4.04. The average molecular weight is 505 g/mol. The molecule has 1 saturated heterocycles. The van der Waals surface area contributed by atoms with E-state index < -0.39 is 0 Å². The molecule has 8 nitrogen and oxygen atoms in total. The van der Waals surface area contributed by atoms with E-state index in [-0.39, 0.29) is 23.8 Å². The van der Waals surface area contributed by atoms with Gasteiger partial charge in [0.05, 0.1) is 23.6 Å². The quantitative estimate of drug-likeness (QED) is 0.396. The third-order valence-corrected chi connectivity index (χ3v) is 6.90. The zero-order valence-electron chi connectivity index (χ0n) is 20.8. The number of benzene rings is 1. The van der Waals surface area contributed by atoms with Crippen molar-refractivity contribution in [1.29, 1.82) is 0 Å². The van der Waals surface area contributed by atoms with Crippen molar-refractivity contribution < 1.29 is 4.74 Å². The summed E-state index contributed by atoms with van der Waals surface area (Å²) in [4.78, 5) is 31.5. The lowest BCUT2D eigenvalue weighted by Gasteiger charge is -2.32. The molecule has 1 aromatic carbocycles. The molecule has 4 aromatic rings. The highest BCUT2D eigenvalue weighted by atomic mass is 35.5. The number of ether oxygens (including phenoxy) is 1. The number of fused-ring (bicyclic) bond motifs is 1. The standard InChI is InChI=1S/C27H29ClN6O2/c1-5-34-25-19(14-31-27(33-25)32-20-10-15(2)36-16(3)11-20)12-22(26(34)35)21-7-6-18(13-23(21)28)24-17(4)29-8-9-30-24/h6-9,12-16,20H,5,10-11H2,1-4H3,(H,31,32,33)/t15-,16+,20?. The van der Waals surface area contributed by atoms with Gasteiger partial charge in [-0.1, -0.05) is 23.7 Å². The molecule has 1 aliphatic rings. The molecule has 0 radical (unpaired) electrons. The molecule has 0 amide bonds. The Morgan fingerprint density at radius 3 is 2.53 bits per heavy atom. The van der Waals surface area contributed by atoms with E-state index >= 15 is 0 Å². The molecule has 0 saturated carbocycles. The molecule has 3 aromatic heterocycles. The summed E-state index contributed by atoms with van der Waals surface area (Å²) < 4.78 is 7.51. The summed E-state index contributed by atoms with van der Waals surface area (Å²) in [7, 11) is 0. The highest BCUT2D eigenvalue weighted by Gasteiger charge is 2.25. The fraction of sp³-hybridized carbons (Fsp3) is 0.370. The molecule has 0 spiro atoms. The Labute approximate surface area is 214 Å². The summed E-state index contributed by atoms with van der Waals surface area (Å²) >= 11 is 6.69. The molecule has 186 valence electrons. The number of halogens is 1. The Morgan fingerprint density at radius 1 is 1.08 bits per heavy atom. The van der Waals surface area contributed by atoms with Crippen LogP contribution in [-0.4, -0.2) is 42.8 Å². The molecule has 9 heteroatoms. The Kier molecular flexibility index (Phi) is 6.73. The molecular formula is C27H29ClN6O2. The number of hydrogen-bond donors (Lipinski definition) is 1. The van der Waals surface area contributed by atoms with Crippen molar-refractivity contribution in [3.8, 4) is 22.4 Å². The molecule has 0 aliphatic carbocycles. The Bertz CT molecular complexity index is 1480. The Morgan fingerprint density at radius 2 is 1.83 bits per heavy atom. The van der Waals surface area contributed by atoms with Gasteiger partial charge in [-0.05, 0) is 52.7 Å². The van der Waals surface area contributed by atoms with Crippen LogP contribution < -0.4 is 10.9 Å². The number of hydrogen-bond acceptors (Lipinski definition) is 7. The molecule has 4 heterocycles. The lowest BCUT2D eigenvalue weighted by molar-refractivity contribution is -0.0338. The van der Waals surface area contributed by atoms with Crippen LogP contribution in [0, 0.1) is 6.92 Å². The molecule has 0 bridgehead atoms. The van der Waals surface area contributed by atoms with E-state index in [0.29, 0.717) is 34.3 Å². The SMILES string of the molecule is CCn1c(=O)c(-c2ccc(-c3nccnc3C)cc2Cl)cc2cnc(NC3C[C@@H](C)O[C@@H](C)C3)nc21. The molecular weight excluding hydrogens is 476 g/mol. The second-order valence-electron chi connectivity index (χ2n) is 9.33. The van der Waals surface area contributed by atoms with Crippen LogP contribution in [0.2, 0.25) is 5.02 Å². The molecule has 36 heavy (non-hydrogen) atoms. The Hall–Kier alpha value is -3.36. The van der Waals surface area contributed by atoms with Crippen LogP contribution in [0.5, 0.6) is 0 Å². The first-order valence-electron chi connectivity index (χ1n) is 12.2. The lowest BCUT2D eigenvalue weighted by atomic mass is 10.0. The number of nitrogens with one attached hydrogen (secondary N) is 1. The lowest BCUT2D eigenvalue weighted by Crippen LogP contribution is -2.37. The largest absolute Gasteiger partial charge is 0.375 e. The topological polar surface area (TPSA) is 94.8 Å². The number of rotatable bonds is 5. The van der Waals surface area contributed by atoms with Gasteiger partial charge in [-0.3, -0.25) is 19.3 Å². The first kappa shape index (κ1) is 24.3. The second kappa shape index (κ2) is 9.95. The van der Waals surface area contributed by atoms with Gasteiger partial charge in [-0.2, -0.15) is 4.98 Å². The van der Waals surface area contributed by atoms with Crippen LogP contribution >= 0.6 is 11.6 Å². The Balaban J connectivity index is 1.52. The highest BCUT2D eigenvalue weighted by molar-refractivity contribution is 6.33. The number of aryl methyl sites for hydroxylation is 2. The minimum absolute atomic E-state index is 0.145. The minimum Gasteiger partial charge on any atom is -0.375 e. The molecule has 1 aliphatic heterocycles. The highest BCUT2D eigenvalue weighted by Crippen LogP contribution is 2.32. The van der Waals surface area contributed by atoms with Crippen molar-refractivity contribution in [2.75, 3.05) is 5.32 Å². The first-order valence-corrected chi connectivity index (χ1v) is 12.6. The summed E-state index contributed by atoms with van der Waals surface area (Å²) in [6.45, 7) is 8.46. The predicted molar refractivity (Wildman–Crippen MR) is 142 cm³/mol. The smallest absolute Gasteiger partial charge is 0.260 e. The monoisotopic (exact) mass is 504 g/mol. The van der Waals surface area contributed by atoms with Crippen molar-refractivity contribution >= 4 is 28.6 Å². The van der Waals surface area contributed by atoms with Gasteiger partial charge in [-0.25, -0.2) is 4.98 Å². The van der Waals surface area contributed by atoms with Gasteiger partial charge < -0.3 is 10.1 Å². The van der Waals surface area contributed by atoms with Crippen molar-refractivity contribution in [3.63, 3.8) is 0 Å². The molecule has 3 atom stereocenters. The maximum absolute atomic E-state index is 13.5. The van der Waals surface area contributed by atoms with Crippen LogP contribution in [0.15, 0.2) is 47.7 Å². The van der Waals surface area contributed by atoms with Crippen LogP contribution in [0.3, 0.4) is 0 Å². The van der Waals surface area contributed by atoms with Gasteiger partial charge in [-0.15, -0.1) is 0 Å². The molecule has 1 unspecified atom stereocenters.